The summed E-state index contributed by atoms with van der Waals surface area (Å²) in [6, 6.07) is 4.13. The highest BCUT2D eigenvalue weighted by molar-refractivity contribution is 5.48. The summed E-state index contributed by atoms with van der Waals surface area (Å²) in [5, 5.41) is 0. The molecule has 2 rings (SSSR count). The van der Waals surface area contributed by atoms with Crippen LogP contribution >= 0.6 is 0 Å². The quantitative estimate of drug-likeness (QED) is 0.782. The molecule has 0 aliphatic carbocycles. The second kappa shape index (κ2) is 5.89. The molecule has 1 fully saturated rings. The van der Waals surface area contributed by atoms with Gasteiger partial charge in [0.25, 0.3) is 0 Å². The summed E-state index contributed by atoms with van der Waals surface area (Å²) >= 11 is 0. The third-order valence-corrected chi connectivity index (χ3v) is 3.13. The molecule has 0 radical (unpaired) electrons. The van der Waals surface area contributed by atoms with Crippen molar-refractivity contribution >= 4 is 5.69 Å². The molecular weight excluding hydrogens is 212 g/mol. The summed E-state index contributed by atoms with van der Waals surface area (Å²) in [7, 11) is 0. The minimum absolute atomic E-state index is 0.678. The number of aromatic nitrogens is 1. The predicted octanol–water partition coefficient (Wildman–Crippen LogP) is 3.11. The molecule has 0 unspecified atom stereocenters. The number of pyridine rings is 1. The standard InChI is InChI=1S/C14H22N2O/c1-12(2)6-10-17-14-11-13(5-7-15-14)16-8-3-4-9-16/h5,7,11-12H,3-4,6,8-10H2,1-2H3. The van der Waals surface area contributed by atoms with Crippen molar-refractivity contribution in [2.75, 3.05) is 24.6 Å². The van der Waals surface area contributed by atoms with Crippen LogP contribution in [0, 0.1) is 5.92 Å². The number of hydrogen-bond donors (Lipinski definition) is 0. The fourth-order valence-electron chi connectivity index (χ4n) is 2.05. The minimum Gasteiger partial charge on any atom is -0.478 e. The van der Waals surface area contributed by atoms with Crippen molar-refractivity contribution < 1.29 is 4.74 Å². The first-order chi connectivity index (χ1) is 8.25. The van der Waals surface area contributed by atoms with Crippen LogP contribution in [0.3, 0.4) is 0 Å². The van der Waals surface area contributed by atoms with Crippen LogP contribution in [0.5, 0.6) is 5.88 Å². The Hall–Kier alpha value is -1.25. The molecule has 1 aromatic rings. The lowest BCUT2D eigenvalue weighted by Crippen LogP contribution is -2.17. The van der Waals surface area contributed by atoms with Crippen LogP contribution < -0.4 is 9.64 Å². The number of hydrogen-bond acceptors (Lipinski definition) is 3. The van der Waals surface area contributed by atoms with Gasteiger partial charge in [0, 0.05) is 31.0 Å². The van der Waals surface area contributed by atoms with Crippen LogP contribution in [0.1, 0.15) is 33.1 Å². The average Bonchev–Trinajstić information content (AvgIpc) is 2.82. The third-order valence-electron chi connectivity index (χ3n) is 3.13. The van der Waals surface area contributed by atoms with E-state index in [0.717, 1.165) is 32.0 Å². The molecule has 1 aliphatic rings. The van der Waals surface area contributed by atoms with E-state index in [1.165, 1.54) is 18.5 Å². The van der Waals surface area contributed by atoms with Gasteiger partial charge in [-0.3, -0.25) is 0 Å². The fraction of sp³-hybridized carbons (Fsp3) is 0.643. The van der Waals surface area contributed by atoms with Crippen molar-refractivity contribution in [2.45, 2.75) is 33.1 Å². The number of rotatable bonds is 5. The van der Waals surface area contributed by atoms with E-state index < -0.39 is 0 Å². The van der Waals surface area contributed by atoms with E-state index in [1.54, 1.807) is 0 Å². The Labute approximate surface area is 104 Å². The maximum Gasteiger partial charge on any atom is 0.215 e. The molecule has 1 aliphatic heterocycles. The second-order valence-corrected chi connectivity index (χ2v) is 5.08. The molecule has 0 amide bonds. The first-order valence-corrected chi connectivity index (χ1v) is 6.59. The normalized spacial score (nSPS) is 15.6. The van der Waals surface area contributed by atoms with E-state index in [2.05, 4.69) is 35.9 Å². The molecule has 3 heteroatoms. The lowest BCUT2D eigenvalue weighted by Gasteiger charge is -2.18. The van der Waals surface area contributed by atoms with Crippen LogP contribution in [0.2, 0.25) is 0 Å². The summed E-state index contributed by atoms with van der Waals surface area (Å²) in [5.74, 6) is 1.44. The Morgan fingerprint density at radius 3 is 2.82 bits per heavy atom. The minimum atomic E-state index is 0.678. The number of ether oxygens (including phenoxy) is 1. The van der Waals surface area contributed by atoms with E-state index in [-0.39, 0.29) is 0 Å². The highest BCUT2D eigenvalue weighted by Crippen LogP contribution is 2.22. The summed E-state index contributed by atoms with van der Waals surface area (Å²) in [5.41, 5.74) is 1.25. The number of nitrogens with zero attached hydrogens (tertiary/aromatic N) is 2. The number of anilines is 1. The SMILES string of the molecule is CC(C)CCOc1cc(N2CCCC2)ccn1. The van der Waals surface area contributed by atoms with Gasteiger partial charge >= 0.3 is 0 Å². The van der Waals surface area contributed by atoms with Gasteiger partial charge in [0.2, 0.25) is 5.88 Å². The smallest absolute Gasteiger partial charge is 0.215 e. The molecule has 0 atom stereocenters. The van der Waals surface area contributed by atoms with E-state index >= 15 is 0 Å². The summed E-state index contributed by atoms with van der Waals surface area (Å²) in [6.45, 7) is 7.49. The summed E-state index contributed by atoms with van der Waals surface area (Å²) < 4.78 is 5.68. The van der Waals surface area contributed by atoms with Crippen LogP contribution in [0.4, 0.5) is 5.69 Å². The maximum absolute atomic E-state index is 5.68. The van der Waals surface area contributed by atoms with Gasteiger partial charge in [-0.25, -0.2) is 4.98 Å². The summed E-state index contributed by atoms with van der Waals surface area (Å²) in [4.78, 5) is 6.66. The van der Waals surface area contributed by atoms with E-state index in [4.69, 9.17) is 4.74 Å². The van der Waals surface area contributed by atoms with Crippen molar-refractivity contribution in [3.63, 3.8) is 0 Å². The van der Waals surface area contributed by atoms with Gasteiger partial charge in [0.15, 0.2) is 0 Å². The van der Waals surface area contributed by atoms with Gasteiger partial charge < -0.3 is 9.64 Å². The molecule has 1 saturated heterocycles. The van der Waals surface area contributed by atoms with Crippen molar-refractivity contribution in [1.82, 2.24) is 4.98 Å². The van der Waals surface area contributed by atoms with Crippen LogP contribution in [-0.2, 0) is 0 Å². The molecule has 0 N–H and O–H groups in total. The Morgan fingerprint density at radius 1 is 1.35 bits per heavy atom. The lowest BCUT2D eigenvalue weighted by atomic mass is 10.1. The predicted molar refractivity (Wildman–Crippen MR) is 70.6 cm³/mol. The van der Waals surface area contributed by atoms with Crippen molar-refractivity contribution in [3.8, 4) is 5.88 Å². The zero-order chi connectivity index (χ0) is 12.1. The zero-order valence-corrected chi connectivity index (χ0v) is 10.9. The zero-order valence-electron chi connectivity index (χ0n) is 10.9. The Kier molecular flexibility index (Phi) is 4.24. The summed E-state index contributed by atoms with van der Waals surface area (Å²) in [6.07, 6.45) is 5.52. The molecule has 2 heterocycles. The highest BCUT2D eigenvalue weighted by atomic mass is 16.5. The highest BCUT2D eigenvalue weighted by Gasteiger charge is 2.12. The van der Waals surface area contributed by atoms with Gasteiger partial charge in [-0.2, -0.15) is 0 Å². The molecule has 0 bridgehead atoms. The first-order valence-electron chi connectivity index (χ1n) is 6.59. The topological polar surface area (TPSA) is 25.4 Å². The van der Waals surface area contributed by atoms with E-state index in [9.17, 15) is 0 Å². The van der Waals surface area contributed by atoms with Gasteiger partial charge in [0.1, 0.15) is 0 Å². The van der Waals surface area contributed by atoms with Crippen molar-refractivity contribution in [2.24, 2.45) is 5.92 Å². The van der Waals surface area contributed by atoms with Crippen LogP contribution in [0.15, 0.2) is 18.3 Å². The molecule has 0 aromatic carbocycles. The molecule has 1 aromatic heterocycles. The van der Waals surface area contributed by atoms with Crippen molar-refractivity contribution in [1.29, 1.82) is 0 Å². The molecule has 0 saturated carbocycles. The van der Waals surface area contributed by atoms with Gasteiger partial charge in [-0.1, -0.05) is 13.8 Å². The van der Waals surface area contributed by atoms with E-state index in [0.29, 0.717) is 5.92 Å². The van der Waals surface area contributed by atoms with Gasteiger partial charge in [-0.15, -0.1) is 0 Å². The second-order valence-electron chi connectivity index (χ2n) is 5.08. The van der Waals surface area contributed by atoms with Crippen LogP contribution in [0.25, 0.3) is 0 Å². The Balaban J connectivity index is 1.91. The average molecular weight is 234 g/mol. The Bertz CT molecular complexity index is 346. The van der Waals surface area contributed by atoms with Gasteiger partial charge in [0.05, 0.1) is 6.61 Å². The van der Waals surface area contributed by atoms with Crippen molar-refractivity contribution in [3.05, 3.63) is 18.3 Å². The Morgan fingerprint density at radius 2 is 2.12 bits per heavy atom. The molecule has 17 heavy (non-hydrogen) atoms. The molecule has 0 spiro atoms. The lowest BCUT2D eigenvalue weighted by molar-refractivity contribution is 0.279. The molecular formula is C14H22N2O. The van der Waals surface area contributed by atoms with Gasteiger partial charge in [-0.05, 0) is 31.2 Å². The first kappa shape index (κ1) is 12.2. The largest absolute Gasteiger partial charge is 0.478 e. The van der Waals surface area contributed by atoms with Crippen LogP contribution in [-0.4, -0.2) is 24.7 Å². The molecule has 3 nitrogen and oxygen atoms in total. The maximum atomic E-state index is 5.68. The monoisotopic (exact) mass is 234 g/mol. The molecule has 94 valence electrons. The van der Waals surface area contributed by atoms with E-state index in [1.807, 2.05) is 6.20 Å². The third kappa shape index (κ3) is 3.62. The fourth-order valence-corrected chi connectivity index (χ4v) is 2.05.